The highest BCUT2D eigenvalue weighted by atomic mass is 16.5. The van der Waals surface area contributed by atoms with E-state index in [1.165, 1.54) is 6.20 Å². The summed E-state index contributed by atoms with van der Waals surface area (Å²) in [6.45, 7) is 5.18. The number of ether oxygens (including phenoxy) is 2. The minimum absolute atomic E-state index is 0.0437. The smallest absolute Gasteiger partial charge is 0.267 e. The fourth-order valence-corrected chi connectivity index (χ4v) is 2.43. The minimum Gasteiger partial charge on any atom is -0.497 e. The molecule has 2 rings (SSSR count). The van der Waals surface area contributed by atoms with E-state index in [9.17, 15) is 4.79 Å². The van der Waals surface area contributed by atoms with E-state index in [1.807, 2.05) is 6.07 Å². The molecule has 1 aromatic rings. The minimum atomic E-state index is -0.437. The summed E-state index contributed by atoms with van der Waals surface area (Å²) in [5.74, 6) is 0.268. The third-order valence-corrected chi connectivity index (χ3v) is 3.86. The van der Waals surface area contributed by atoms with Crippen LogP contribution in [0.5, 0.6) is 5.75 Å². The van der Waals surface area contributed by atoms with Crippen molar-refractivity contribution in [2.75, 3.05) is 51.8 Å². The number of hydrogen-bond donors (Lipinski definition) is 2. The zero-order chi connectivity index (χ0) is 17.9. The first kappa shape index (κ1) is 18.8. The predicted octanol–water partition coefficient (Wildman–Crippen LogP) is 1.35. The topological polar surface area (TPSA) is 86.6 Å². The number of nitrogens with one attached hydrogen (secondary N) is 2. The van der Waals surface area contributed by atoms with Crippen LogP contribution in [0.2, 0.25) is 0 Å². The van der Waals surface area contributed by atoms with Crippen LogP contribution in [-0.4, -0.2) is 57.3 Å². The summed E-state index contributed by atoms with van der Waals surface area (Å²) in [6, 6.07) is 8.86. The number of nitriles is 1. The van der Waals surface area contributed by atoms with Gasteiger partial charge in [-0.25, -0.2) is 0 Å². The Balaban J connectivity index is 1.74. The van der Waals surface area contributed by atoms with Crippen molar-refractivity contribution in [1.29, 1.82) is 5.26 Å². The molecule has 25 heavy (non-hydrogen) atoms. The van der Waals surface area contributed by atoms with Gasteiger partial charge in [-0.2, -0.15) is 5.26 Å². The van der Waals surface area contributed by atoms with Crippen molar-refractivity contribution >= 4 is 11.6 Å². The number of rotatable bonds is 8. The van der Waals surface area contributed by atoms with Gasteiger partial charge in [0.15, 0.2) is 0 Å². The van der Waals surface area contributed by atoms with E-state index < -0.39 is 5.91 Å². The Kier molecular flexibility index (Phi) is 7.76. The molecule has 0 saturated carbocycles. The Morgan fingerprint density at radius 1 is 1.36 bits per heavy atom. The monoisotopic (exact) mass is 344 g/mol. The first-order valence-corrected chi connectivity index (χ1v) is 8.32. The number of benzene rings is 1. The maximum Gasteiger partial charge on any atom is 0.267 e. The molecule has 1 fully saturated rings. The molecule has 134 valence electrons. The third-order valence-electron chi connectivity index (χ3n) is 3.86. The molecular formula is C18H24N4O3. The first-order valence-electron chi connectivity index (χ1n) is 8.32. The molecule has 0 aliphatic carbocycles. The third kappa shape index (κ3) is 6.45. The molecule has 1 saturated heterocycles. The van der Waals surface area contributed by atoms with Gasteiger partial charge in [0.25, 0.3) is 5.91 Å². The van der Waals surface area contributed by atoms with Crippen LogP contribution < -0.4 is 15.4 Å². The summed E-state index contributed by atoms with van der Waals surface area (Å²) in [5, 5.41) is 14.9. The van der Waals surface area contributed by atoms with Crippen molar-refractivity contribution < 1.29 is 14.3 Å². The zero-order valence-electron chi connectivity index (χ0n) is 14.5. The lowest BCUT2D eigenvalue weighted by Crippen LogP contribution is -2.37. The number of anilines is 1. The molecule has 1 aromatic carbocycles. The number of amides is 1. The number of morpholine rings is 1. The second-order valence-electron chi connectivity index (χ2n) is 5.61. The Bertz CT molecular complexity index is 616. The number of nitrogens with zero attached hydrogens (tertiary/aromatic N) is 2. The summed E-state index contributed by atoms with van der Waals surface area (Å²) < 4.78 is 10.4. The highest BCUT2D eigenvalue weighted by Crippen LogP contribution is 2.15. The van der Waals surface area contributed by atoms with Crippen molar-refractivity contribution in [2.45, 2.75) is 6.42 Å². The van der Waals surface area contributed by atoms with Gasteiger partial charge in [0, 0.05) is 31.5 Å². The van der Waals surface area contributed by atoms with E-state index in [1.54, 1.807) is 31.4 Å². The fourth-order valence-electron chi connectivity index (χ4n) is 2.43. The summed E-state index contributed by atoms with van der Waals surface area (Å²) in [5.41, 5.74) is 0.654. The highest BCUT2D eigenvalue weighted by molar-refractivity contribution is 6.06. The van der Waals surface area contributed by atoms with Crippen molar-refractivity contribution in [3.8, 4) is 11.8 Å². The van der Waals surface area contributed by atoms with Crippen LogP contribution in [0.25, 0.3) is 0 Å². The van der Waals surface area contributed by atoms with Crippen molar-refractivity contribution in [1.82, 2.24) is 10.2 Å². The van der Waals surface area contributed by atoms with Crippen molar-refractivity contribution in [2.24, 2.45) is 0 Å². The average molecular weight is 344 g/mol. The molecule has 7 nitrogen and oxygen atoms in total. The van der Waals surface area contributed by atoms with Crippen LogP contribution in [0, 0.1) is 11.3 Å². The maximum atomic E-state index is 12.1. The molecule has 0 spiro atoms. The molecular weight excluding hydrogens is 320 g/mol. The second-order valence-corrected chi connectivity index (χ2v) is 5.61. The lowest BCUT2D eigenvalue weighted by atomic mass is 10.2. The van der Waals surface area contributed by atoms with Crippen LogP contribution in [0.4, 0.5) is 5.69 Å². The molecule has 2 N–H and O–H groups in total. The summed E-state index contributed by atoms with van der Waals surface area (Å²) in [7, 11) is 1.58. The molecule has 0 unspecified atom stereocenters. The summed E-state index contributed by atoms with van der Waals surface area (Å²) >= 11 is 0. The Morgan fingerprint density at radius 3 is 2.72 bits per heavy atom. The van der Waals surface area contributed by atoms with Crippen LogP contribution in [0.15, 0.2) is 36.0 Å². The van der Waals surface area contributed by atoms with Crippen LogP contribution >= 0.6 is 0 Å². The predicted molar refractivity (Wildman–Crippen MR) is 95.2 cm³/mol. The maximum absolute atomic E-state index is 12.1. The normalized spacial score (nSPS) is 15.3. The first-order chi connectivity index (χ1) is 12.2. The lowest BCUT2D eigenvalue weighted by molar-refractivity contribution is -0.112. The van der Waals surface area contributed by atoms with Gasteiger partial charge in [0.2, 0.25) is 0 Å². The second kappa shape index (κ2) is 10.3. The number of hydrogen-bond acceptors (Lipinski definition) is 6. The van der Waals surface area contributed by atoms with E-state index in [0.717, 1.165) is 39.3 Å². The van der Waals surface area contributed by atoms with Gasteiger partial charge in [0.05, 0.1) is 20.3 Å². The molecule has 1 heterocycles. The quantitative estimate of drug-likeness (QED) is 0.421. The van der Waals surface area contributed by atoms with Crippen molar-refractivity contribution in [3.63, 3.8) is 0 Å². The van der Waals surface area contributed by atoms with Gasteiger partial charge in [-0.3, -0.25) is 9.69 Å². The average Bonchev–Trinajstić information content (AvgIpc) is 2.66. The molecule has 1 aliphatic heterocycles. The molecule has 1 aliphatic rings. The van der Waals surface area contributed by atoms with Gasteiger partial charge >= 0.3 is 0 Å². The standard InChI is InChI=1S/C18H24N4O3/c1-24-17-5-3-16(4-6-17)21-18(23)15(13-19)14-20-7-2-8-22-9-11-25-12-10-22/h3-6,14,20H,2,7-12H2,1H3,(H,21,23)/b15-14-. The van der Waals surface area contributed by atoms with Gasteiger partial charge in [-0.05, 0) is 37.2 Å². The molecule has 7 heteroatoms. The Labute approximate surface area is 148 Å². The van der Waals surface area contributed by atoms with E-state index in [0.29, 0.717) is 18.0 Å². The molecule has 0 atom stereocenters. The Hall–Kier alpha value is -2.56. The summed E-state index contributed by atoms with van der Waals surface area (Å²) in [6.07, 6.45) is 2.41. The molecule has 0 aromatic heterocycles. The van der Waals surface area contributed by atoms with Crippen LogP contribution in [-0.2, 0) is 9.53 Å². The van der Waals surface area contributed by atoms with E-state index in [2.05, 4.69) is 15.5 Å². The molecule has 0 radical (unpaired) electrons. The Morgan fingerprint density at radius 2 is 2.08 bits per heavy atom. The number of carbonyl (C=O) groups excluding carboxylic acids is 1. The van der Waals surface area contributed by atoms with Crippen molar-refractivity contribution in [3.05, 3.63) is 36.0 Å². The van der Waals surface area contributed by atoms with Gasteiger partial charge in [-0.1, -0.05) is 0 Å². The number of carbonyl (C=O) groups is 1. The van der Waals surface area contributed by atoms with Gasteiger partial charge < -0.3 is 20.1 Å². The fraction of sp³-hybridized carbons (Fsp3) is 0.444. The molecule has 0 bridgehead atoms. The summed E-state index contributed by atoms with van der Waals surface area (Å²) in [4.78, 5) is 14.5. The van der Waals surface area contributed by atoms with Gasteiger partial charge in [0.1, 0.15) is 17.4 Å². The van der Waals surface area contributed by atoms with Crippen LogP contribution in [0.3, 0.4) is 0 Å². The zero-order valence-corrected chi connectivity index (χ0v) is 14.5. The van der Waals surface area contributed by atoms with Gasteiger partial charge in [-0.15, -0.1) is 0 Å². The highest BCUT2D eigenvalue weighted by Gasteiger charge is 2.10. The largest absolute Gasteiger partial charge is 0.497 e. The van der Waals surface area contributed by atoms with Crippen LogP contribution in [0.1, 0.15) is 6.42 Å². The molecule has 1 amide bonds. The SMILES string of the molecule is COc1ccc(NC(=O)/C(C#N)=C\NCCCN2CCOCC2)cc1. The van der Waals surface area contributed by atoms with E-state index in [4.69, 9.17) is 14.7 Å². The number of methoxy groups -OCH3 is 1. The van der Waals surface area contributed by atoms with E-state index >= 15 is 0 Å². The lowest BCUT2D eigenvalue weighted by Gasteiger charge is -2.26. The van der Waals surface area contributed by atoms with E-state index in [-0.39, 0.29) is 5.57 Å².